The highest BCUT2D eigenvalue weighted by atomic mass is 32.1. The molecule has 0 aliphatic heterocycles. The number of carbonyl (C=O) groups is 1. The van der Waals surface area contributed by atoms with Crippen molar-refractivity contribution in [3.05, 3.63) is 29.4 Å². The van der Waals surface area contributed by atoms with E-state index in [1.165, 1.54) is 22.2 Å². The monoisotopic (exact) mass is 195 g/mol. The minimum absolute atomic E-state index is 0.246. The Morgan fingerprint density at radius 2 is 2.46 bits per heavy atom. The predicted octanol–water partition coefficient (Wildman–Crippen LogP) is 1.03. The number of carboxylic acids is 1. The fraction of sp³-hybridized carbons (Fsp3) is 0. The zero-order chi connectivity index (χ0) is 9.26. The highest BCUT2D eigenvalue weighted by molar-refractivity contribution is 7.12. The lowest BCUT2D eigenvalue weighted by Gasteiger charge is -1.96. The van der Waals surface area contributed by atoms with Gasteiger partial charge in [0.2, 0.25) is 0 Å². The Bertz CT molecular complexity index is 421. The number of hydrogen-bond donors (Lipinski definition) is 1. The van der Waals surface area contributed by atoms with Gasteiger partial charge in [-0.2, -0.15) is 0 Å². The Hall–Kier alpha value is -1.69. The third-order valence-electron chi connectivity index (χ3n) is 1.51. The molecule has 0 saturated carbocycles. The van der Waals surface area contributed by atoms with Gasteiger partial charge < -0.3 is 5.11 Å². The van der Waals surface area contributed by atoms with E-state index in [4.69, 9.17) is 5.11 Å². The van der Waals surface area contributed by atoms with E-state index in [2.05, 4.69) is 10.3 Å². The first kappa shape index (κ1) is 7.93. The predicted molar refractivity (Wildman–Crippen MR) is 46.2 cm³/mol. The van der Waals surface area contributed by atoms with Crippen molar-refractivity contribution in [1.82, 2.24) is 15.0 Å². The molecule has 1 N–H and O–H groups in total. The molecule has 6 heteroatoms. The maximum Gasteiger partial charge on any atom is 0.338 e. The van der Waals surface area contributed by atoms with Crippen molar-refractivity contribution in [3.63, 3.8) is 0 Å². The summed E-state index contributed by atoms with van der Waals surface area (Å²) in [5, 5.41) is 18.4. The van der Waals surface area contributed by atoms with Crippen LogP contribution in [-0.2, 0) is 0 Å². The molecular formula is C7H5N3O2S. The van der Waals surface area contributed by atoms with Gasteiger partial charge in [0.1, 0.15) is 5.00 Å². The quantitative estimate of drug-likeness (QED) is 0.777. The van der Waals surface area contributed by atoms with Crippen molar-refractivity contribution in [2.45, 2.75) is 0 Å². The van der Waals surface area contributed by atoms with Gasteiger partial charge in [0.25, 0.3) is 0 Å². The molecule has 0 fully saturated rings. The lowest BCUT2D eigenvalue weighted by molar-refractivity contribution is 0.0697. The minimum Gasteiger partial charge on any atom is -0.478 e. The smallest absolute Gasteiger partial charge is 0.338 e. The van der Waals surface area contributed by atoms with E-state index < -0.39 is 5.97 Å². The molecule has 0 radical (unpaired) electrons. The molecule has 2 aromatic heterocycles. The van der Waals surface area contributed by atoms with Crippen molar-refractivity contribution in [2.75, 3.05) is 0 Å². The molecule has 2 rings (SSSR count). The summed E-state index contributed by atoms with van der Waals surface area (Å²) in [5.41, 5.74) is 0.246. The van der Waals surface area contributed by atoms with E-state index >= 15 is 0 Å². The summed E-state index contributed by atoms with van der Waals surface area (Å²) in [5.74, 6) is -0.952. The molecular weight excluding hydrogens is 190 g/mol. The maximum atomic E-state index is 10.7. The Kier molecular flexibility index (Phi) is 1.82. The first-order valence-electron chi connectivity index (χ1n) is 3.46. The van der Waals surface area contributed by atoms with Crippen molar-refractivity contribution in [3.8, 4) is 5.00 Å². The molecule has 0 atom stereocenters. The van der Waals surface area contributed by atoms with E-state index in [1.54, 1.807) is 17.6 Å². The highest BCUT2D eigenvalue weighted by Gasteiger charge is 2.12. The number of aromatic carboxylic acids is 1. The second-order valence-electron chi connectivity index (χ2n) is 2.29. The second kappa shape index (κ2) is 2.98. The number of rotatable bonds is 2. The summed E-state index contributed by atoms with van der Waals surface area (Å²) >= 11 is 1.32. The van der Waals surface area contributed by atoms with Crippen LogP contribution in [0.4, 0.5) is 0 Å². The van der Waals surface area contributed by atoms with Crippen LogP contribution >= 0.6 is 11.3 Å². The molecule has 0 aliphatic rings. The van der Waals surface area contributed by atoms with Crippen molar-refractivity contribution < 1.29 is 9.90 Å². The van der Waals surface area contributed by atoms with Crippen molar-refractivity contribution in [1.29, 1.82) is 0 Å². The van der Waals surface area contributed by atoms with Gasteiger partial charge in [0, 0.05) is 0 Å². The molecule has 0 unspecified atom stereocenters. The summed E-state index contributed by atoms with van der Waals surface area (Å²) in [6.45, 7) is 0. The fourth-order valence-electron chi connectivity index (χ4n) is 0.958. The summed E-state index contributed by atoms with van der Waals surface area (Å²) in [6, 6.07) is 1.55. The first-order valence-corrected chi connectivity index (χ1v) is 4.34. The maximum absolute atomic E-state index is 10.7. The van der Waals surface area contributed by atoms with Crippen LogP contribution in [0.3, 0.4) is 0 Å². The molecule has 2 aromatic rings. The summed E-state index contributed by atoms with van der Waals surface area (Å²) in [4.78, 5) is 10.7. The van der Waals surface area contributed by atoms with Gasteiger partial charge in [-0.25, -0.2) is 9.48 Å². The van der Waals surface area contributed by atoms with Gasteiger partial charge in [0.05, 0.1) is 18.0 Å². The van der Waals surface area contributed by atoms with Crippen molar-refractivity contribution >= 4 is 17.3 Å². The SMILES string of the molecule is O=C(O)c1ccsc1-n1ccnn1. The van der Waals surface area contributed by atoms with Crippen LogP contribution in [0, 0.1) is 0 Å². The summed E-state index contributed by atoms with van der Waals surface area (Å²) in [6.07, 6.45) is 3.11. The third-order valence-corrected chi connectivity index (χ3v) is 2.41. The Morgan fingerprint density at radius 1 is 1.62 bits per heavy atom. The number of hydrogen-bond acceptors (Lipinski definition) is 4. The van der Waals surface area contributed by atoms with Crippen LogP contribution in [0.15, 0.2) is 23.8 Å². The zero-order valence-corrected chi connectivity index (χ0v) is 7.23. The molecule has 0 saturated heterocycles. The molecule has 2 heterocycles. The molecule has 0 aromatic carbocycles. The van der Waals surface area contributed by atoms with Crippen LogP contribution in [0.25, 0.3) is 5.00 Å². The number of aromatic nitrogens is 3. The van der Waals surface area contributed by atoms with E-state index in [0.29, 0.717) is 5.00 Å². The average Bonchev–Trinajstić information content (AvgIpc) is 2.74. The highest BCUT2D eigenvalue weighted by Crippen LogP contribution is 2.20. The van der Waals surface area contributed by atoms with Crippen LogP contribution in [-0.4, -0.2) is 26.1 Å². The summed E-state index contributed by atoms with van der Waals surface area (Å²) < 4.78 is 1.44. The van der Waals surface area contributed by atoms with E-state index in [0.717, 1.165) is 0 Å². The van der Waals surface area contributed by atoms with Gasteiger partial charge in [-0.3, -0.25) is 0 Å². The van der Waals surface area contributed by atoms with Crippen molar-refractivity contribution in [2.24, 2.45) is 0 Å². The first-order chi connectivity index (χ1) is 6.29. The number of carboxylic acid groups (broad SMARTS) is 1. The van der Waals surface area contributed by atoms with Gasteiger partial charge in [-0.05, 0) is 11.4 Å². The van der Waals surface area contributed by atoms with Crippen LogP contribution in [0.1, 0.15) is 10.4 Å². The average molecular weight is 195 g/mol. The number of thiophene rings is 1. The molecule has 0 bridgehead atoms. The number of nitrogens with zero attached hydrogens (tertiary/aromatic N) is 3. The third kappa shape index (κ3) is 1.31. The zero-order valence-electron chi connectivity index (χ0n) is 6.41. The van der Waals surface area contributed by atoms with Gasteiger partial charge in [-0.15, -0.1) is 16.4 Å². The molecule has 66 valence electrons. The second-order valence-corrected chi connectivity index (χ2v) is 3.19. The van der Waals surface area contributed by atoms with Gasteiger partial charge >= 0.3 is 5.97 Å². The van der Waals surface area contributed by atoms with Gasteiger partial charge in [0.15, 0.2) is 0 Å². The lowest BCUT2D eigenvalue weighted by atomic mass is 10.3. The Morgan fingerprint density at radius 3 is 3.08 bits per heavy atom. The van der Waals surface area contributed by atoms with Crippen LogP contribution in [0.2, 0.25) is 0 Å². The Labute approximate surface area is 77.2 Å². The molecule has 0 aliphatic carbocycles. The fourth-order valence-corrected chi connectivity index (χ4v) is 1.78. The largest absolute Gasteiger partial charge is 0.478 e. The van der Waals surface area contributed by atoms with Crippen LogP contribution < -0.4 is 0 Å². The lowest BCUT2D eigenvalue weighted by Crippen LogP contribution is -2.01. The Balaban J connectivity index is 2.52. The molecule has 0 amide bonds. The minimum atomic E-state index is -0.952. The van der Waals surface area contributed by atoms with Gasteiger partial charge in [-0.1, -0.05) is 5.21 Å². The normalized spacial score (nSPS) is 10.2. The topological polar surface area (TPSA) is 68.0 Å². The molecule has 5 nitrogen and oxygen atoms in total. The van der Waals surface area contributed by atoms with Crippen LogP contribution in [0.5, 0.6) is 0 Å². The molecule has 13 heavy (non-hydrogen) atoms. The van der Waals surface area contributed by atoms with E-state index in [1.807, 2.05) is 0 Å². The summed E-state index contributed by atoms with van der Waals surface area (Å²) in [7, 11) is 0. The molecule has 0 spiro atoms. The van der Waals surface area contributed by atoms with E-state index in [9.17, 15) is 4.79 Å². The standard InChI is InChI=1S/C7H5N3O2S/c11-7(12)5-1-4-13-6(5)10-3-2-8-9-10/h1-4H,(H,11,12). The van der Waals surface area contributed by atoms with E-state index in [-0.39, 0.29) is 5.56 Å².